The van der Waals surface area contributed by atoms with Crippen molar-refractivity contribution in [2.24, 2.45) is 17.3 Å². The Morgan fingerprint density at radius 2 is 2.00 bits per heavy atom. The molecule has 2 aliphatic rings. The maximum Gasteiger partial charge on any atom is 0.307 e. The van der Waals surface area contributed by atoms with Gasteiger partial charge in [-0.1, -0.05) is 13.3 Å². The highest BCUT2D eigenvalue weighted by Gasteiger charge is 2.39. The Morgan fingerprint density at radius 1 is 1.35 bits per heavy atom. The molecule has 1 heterocycles. The van der Waals surface area contributed by atoms with Crippen LogP contribution in [0.15, 0.2) is 0 Å². The number of carboxylic acids is 1. The topological polar surface area (TPSA) is 75.6 Å². The second kappa shape index (κ2) is 4.64. The SMILES string of the molecule is CC1(CNC(=O)[C@@H]2CCC[C@@H]2C(=O)O)COC1. The molecule has 2 atom stereocenters. The van der Waals surface area contributed by atoms with Crippen LogP contribution in [-0.2, 0) is 14.3 Å². The van der Waals surface area contributed by atoms with Crippen molar-refractivity contribution in [3.05, 3.63) is 0 Å². The van der Waals surface area contributed by atoms with Gasteiger partial charge in [0.1, 0.15) is 0 Å². The summed E-state index contributed by atoms with van der Waals surface area (Å²) in [6.45, 7) is 3.97. The molecule has 2 rings (SSSR count). The Labute approximate surface area is 101 Å². The number of hydrogen-bond donors (Lipinski definition) is 2. The molecule has 1 saturated heterocycles. The molecule has 5 nitrogen and oxygen atoms in total. The zero-order chi connectivity index (χ0) is 12.5. The van der Waals surface area contributed by atoms with E-state index in [2.05, 4.69) is 12.2 Å². The Balaban J connectivity index is 1.84. The first-order valence-corrected chi connectivity index (χ1v) is 6.10. The highest BCUT2D eigenvalue weighted by atomic mass is 16.5. The van der Waals surface area contributed by atoms with Crippen molar-refractivity contribution in [1.29, 1.82) is 0 Å². The molecular weight excluding hydrogens is 222 g/mol. The quantitative estimate of drug-likeness (QED) is 0.757. The average Bonchev–Trinajstić information content (AvgIpc) is 2.72. The molecule has 0 bridgehead atoms. The summed E-state index contributed by atoms with van der Waals surface area (Å²) in [7, 11) is 0. The van der Waals surface area contributed by atoms with E-state index in [0.717, 1.165) is 6.42 Å². The lowest BCUT2D eigenvalue weighted by Gasteiger charge is -2.38. The van der Waals surface area contributed by atoms with Crippen molar-refractivity contribution in [2.45, 2.75) is 26.2 Å². The summed E-state index contributed by atoms with van der Waals surface area (Å²) < 4.78 is 5.11. The van der Waals surface area contributed by atoms with Gasteiger partial charge in [-0.05, 0) is 12.8 Å². The smallest absolute Gasteiger partial charge is 0.307 e. The highest BCUT2D eigenvalue weighted by Crippen LogP contribution is 2.32. The van der Waals surface area contributed by atoms with Gasteiger partial charge in [-0.25, -0.2) is 0 Å². The number of amides is 1. The number of aliphatic carboxylic acids is 1. The van der Waals surface area contributed by atoms with E-state index in [-0.39, 0.29) is 17.2 Å². The minimum atomic E-state index is -0.846. The lowest BCUT2D eigenvalue weighted by Crippen LogP contribution is -2.50. The Hall–Kier alpha value is -1.10. The molecule has 2 N–H and O–H groups in total. The largest absolute Gasteiger partial charge is 0.481 e. The molecule has 1 saturated carbocycles. The molecule has 0 radical (unpaired) electrons. The van der Waals surface area contributed by atoms with Crippen LogP contribution in [0.25, 0.3) is 0 Å². The van der Waals surface area contributed by atoms with Gasteiger partial charge in [0.15, 0.2) is 0 Å². The van der Waals surface area contributed by atoms with Crippen LogP contribution in [0, 0.1) is 17.3 Å². The van der Waals surface area contributed by atoms with Crippen LogP contribution >= 0.6 is 0 Å². The van der Waals surface area contributed by atoms with Crippen LogP contribution in [0.4, 0.5) is 0 Å². The fraction of sp³-hybridized carbons (Fsp3) is 0.833. The molecular formula is C12H19NO4. The maximum atomic E-state index is 11.9. The number of carbonyl (C=O) groups excluding carboxylic acids is 1. The molecule has 0 spiro atoms. The summed E-state index contributed by atoms with van der Waals surface area (Å²) in [5, 5.41) is 11.9. The van der Waals surface area contributed by atoms with E-state index in [4.69, 9.17) is 9.84 Å². The monoisotopic (exact) mass is 241 g/mol. The number of rotatable bonds is 4. The molecule has 1 aliphatic heterocycles. The minimum absolute atomic E-state index is 0.0347. The third kappa shape index (κ3) is 2.60. The highest BCUT2D eigenvalue weighted by molar-refractivity contribution is 5.85. The molecule has 0 aromatic heterocycles. The van der Waals surface area contributed by atoms with Crippen LogP contribution in [0.3, 0.4) is 0 Å². The third-order valence-corrected chi connectivity index (χ3v) is 3.76. The maximum absolute atomic E-state index is 11.9. The second-order valence-electron chi connectivity index (χ2n) is 5.50. The average molecular weight is 241 g/mol. The van der Waals surface area contributed by atoms with Gasteiger partial charge in [0, 0.05) is 12.0 Å². The molecule has 1 amide bonds. The molecule has 0 aromatic carbocycles. The van der Waals surface area contributed by atoms with Crippen molar-refractivity contribution in [3.63, 3.8) is 0 Å². The van der Waals surface area contributed by atoms with Gasteiger partial charge < -0.3 is 15.2 Å². The van der Waals surface area contributed by atoms with E-state index >= 15 is 0 Å². The summed E-state index contributed by atoms with van der Waals surface area (Å²) in [5.41, 5.74) is 0.0347. The lowest BCUT2D eigenvalue weighted by molar-refractivity contribution is -0.146. The first-order chi connectivity index (χ1) is 8.02. The number of hydrogen-bond acceptors (Lipinski definition) is 3. The summed E-state index contributed by atoms with van der Waals surface area (Å²) in [6.07, 6.45) is 2.14. The van der Waals surface area contributed by atoms with Crippen molar-refractivity contribution in [3.8, 4) is 0 Å². The second-order valence-corrected chi connectivity index (χ2v) is 5.50. The van der Waals surface area contributed by atoms with Crippen LogP contribution in [0.5, 0.6) is 0 Å². The third-order valence-electron chi connectivity index (χ3n) is 3.76. The van der Waals surface area contributed by atoms with Crippen LogP contribution in [0.1, 0.15) is 26.2 Å². The Bertz CT molecular complexity index is 324. The summed E-state index contributed by atoms with van der Waals surface area (Å²) in [5.74, 6) is -1.80. The summed E-state index contributed by atoms with van der Waals surface area (Å²) in [4.78, 5) is 22.9. The molecule has 0 aromatic rings. The Kier molecular flexibility index (Phi) is 3.38. The number of carbonyl (C=O) groups is 2. The van der Waals surface area contributed by atoms with E-state index in [1.165, 1.54) is 0 Å². The fourth-order valence-corrected chi connectivity index (χ4v) is 2.55. The Morgan fingerprint density at radius 3 is 2.53 bits per heavy atom. The standard InChI is InChI=1S/C12H19NO4/c1-12(6-17-7-12)5-13-10(14)8-3-2-4-9(8)11(15)16/h8-9H,2-7H2,1H3,(H,13,14)(H,15,16)/t8-,9+/m1/s1. The summed E-state index contributed by atoms with van der Waals surface area (Å²) in [6, 6.07) is 0. The molecule has 96 valence electrons. The number of ether oxygens (including phenoxy) is 1. The first-order valence-electron chi connectivity index (χ1n) is 6.10. The normalized spacial score (nSPS) is 30.6. The van der Waals surface area contributed by atoms with Gasteiger partial charge in [-0.3, -0.25) is 9.59 Å². The van der Waals surface area contributed by atoms with E-state index in [0.29, 0.717) is 32.6 Å². The zero-order valence-corrected chi connectivity index (χ0v) is 10.1. The van der Waals surface area contributed by atoms with Crippen molar-refractivity contribution < 1.29 is 19.4 Å². The molecule has 5 heteroatoms. The zero-order valence-electron chi connectivity index (χ0n) is 10.1. The molecule has 17 heavy (non-hydrogen) atoms. The first kappa shape index (κ1) is 12.4. The fourth-order valence-electron chi connectivity index (χ4n) is 2.55. The number of carboxylic acid groups (broad SMARTS) is 1. The predicted molar refractivity (Wildman–Crippen MR) is 60.4 cm³/mol. The predicted octanol–water partition coefficient (Wildman–Crippen LogP) is 0.640. The summed E-state index contributed by atoms with van der Waals surface area (Å²) >= 11 is 0. The van der Waals surface area contributed by atoms with Crippen molar-refractivity contribution in [1.82, 2.24) is 5.32 Å². The lowest BCUT2D eigenvalue weighted by atomic mass is 9.88. The number of nitrogens with one attached hydrogen (secondary N) is 1. The van der Waals surface area contributed by atoms with Crippen LogP contribution in [-0.4, -0.2) is 36.7 Å². The van der Waals surface area contributed by atoms with E-state index in [1.54, 1.807) is 0 Å². The van der Waals surface area contributed by atoms with Gasteiger partial charge in [0.25, 0.3) is 0 Å². The van der Waals surface area contributed by atoms with E-state index < -0.39 is 11.9 Å². The van der Waals surface area contributed by atoms with Gasteiger partial charge >= 0.3 is 5.97 Å². The van der Waals surface area contributed by atoms with Gasteiger partial charge in [-0.2, -0.15) is 0 Å². The van der Waals surface area contributed by atoms with Crippen LogP contribution in [0.2, 0.25) is 0 Å². The molecule has 0 unspecified atom stereocenters. The molecule has 2 fully saturated rings. The van der Waals surface area contributed by atoms with Crippen molar-refractivity contribution in [2.75, 3.05) is 19.8 Å². The van der Waals surface area contributed by atoms with Crippen molar-refractivity contribution >= 4 is 11.9 Å². The van der Waals surface area contributed by atoms with Crippen LogP contribution < -0.4 is 5.32 Å². The van der Waals surface area contributed by atoms with Gasteiger partial charge in [-0.15, -0.1) is 0 Å². The molecule has 1 aliphatic carbocycles. The van der Waals surface area contributed by atoms with Gasteiger partial charge in [0.2, 0.25) is 5.91 Å². The van der Waals surface area contributed by atoms with E-state index in [1.807, 2.05) is 0 Å². The van der Waals surface area contributed by atoms with Gasteiger partial charge in [0.05, 0.1) is 25.0 Å². The van der Waals surface area contributed by atoms with E-state index in [9.17, 15) is 9.59 Å². The minimum Gasteiger partial charge on any atom is -0.481 e.